The van der Waals surface area contributed by atoms with E-state index < -0.39 is 11.9 Å². The monoisotopic (exact) mass is 346 g/mol. The van der Waals surface area contributed by atoms with Gasteiger partial charge in [0.1, 0.15) is 6.54 Å². The molecule has 7 heteroatoms. The lowest BCUT2D eigenvalue weighted by Crippen LogP contribution is -2.21. The number of aliphatic carboxylic acids is 1. The number of halogens is 1. The van der Waals surface area contributed by atoms with E-state index in [0.29, 0.717) is 15.4 Å². The zero-order valence-electron chi connectivity index (χ0n) is 11.8. The van der Waals surface area contributed by atoms with Crippen LogP contribution in [0.15, 0.2) is 53.5 Å². The minimum atomic E-state index is -0.992. The van der Waals surface area contributed by atoms with Crippen LogP contribution in [0.2, 0.25) is 5.02 Å². The van der Waals surface area contributed by atoms with Crippen molar-refractivity contribution >= 4 is 45.0 Å². The number of hydrogen-bond acceptors (Lipinski definition) is 3. The van der Waals surface area contributed by atoms with E-state index in [1.54, 1.807) is 30.3 Å². The smallest absolute Gasteiger partial charge is 0.323 e. The van der Waals surface area contributed by atoms with Crippen molar-refractivity contribution in [1.29, 1.82) is 0 Å². The van der Waals surface area contributed by atoms with E-state index in [4.69, 9.17) is 16.7 Å². The van der Waals surface area contributed by atoms with Crippen molar-refractivity contribution in [2.75, 3.05) is 0 Å². The SMILES string of the molecule is O=C(O)Cn1c(=NC(=O)c2ccc(Cl)cc2)sc2ccccc21. The number of aromatic nitrogens is 1. The Morgan fingerprint density at radius 1 is 1.13 bits per heavy atom. The number of fused-ring (bicyclic) bond motifs is 1. The highest BCUT2D eigenvalue weighted by Crippen LogP contribution is 2.17. The fourth-order valence-electron chi connectivity index (χ4n) is 2.14. The predicted molar refractivity (Wildman–Crippen MR) is 88.8 cm³/mol. The lowest BCUT2D eigenvalue weighted by Gasteiger charge is -2.00. The molecule has 0 saturated carbocycles. The Hall–Kier alpha value is -2.44. The zero-order chi connectivity index (χ0) is 16.4. The minimum Gasteiger partial charge on any atom is -0.480 e. The van der Waals surface area contributed by atoms with E-state index in [9.17, 15) is 9.59 Å². The molecule has 5 nitrogen and oxygen atoms in total. The molecule has 0 bridgehead atoms. The van der Waals surface area contributed by atoms with Crippen LogP contribution in [-0.2, 0) is 11.3 Å². The van der Waals surface area contributed by atoms with E-state index in [-0.39, 0.29) is 6.54 Å². The molecule has 0 aliphatic rings. The van der Waals surface area contributed by atoms with Gasteiger partial charge in [-0.25, -0.2) is 0 Å². The van der Waals surface area contributed by atoms with Gasteiger partial charge in [-0.2, -0.15) is 4.99 Å². The fourth-order valence-corrected chi connectivity index (χ4v) is 3.29. The average molecular weight is 347 g/mol. The Morgan fingerprint density at radius 2 is 1.83 bits per heavy atom. The van der Waals surface area contributed by atoms with E-state index in [1.807, 2.05) is 18.2 Å². The quantitative estimate of drug-likeness (QED) is 0.791. The molecule has 1 heterocycles. The van der Waals surface area contributed by atoms with Crippen molar-refractivity contribution in [3.05, 3.63) is 63.9 Å². The molecule has 1 amide bonds. The van der Waals surface area contributed by atoms with E-state index >= 15 is 0 Å². The molecule has 1 N–H and O–H groups in total. The van der Waals surface area contributed by atoms with Crippen LogP contribution in [0.25, 0.3) is 10.2 Å². The number of thiazole rings is 1. The number of carboxylic acids is 1. The topological polar surface area (TPSA) is 71.7 Å². The number of hydrogen-bond donors (Lipinski definition) is 1. The maximum Gasteiger partial charge on any atom is 0.323 e. The Morgan fingerprint density at radius 3 is 2.52 bits per heavy atom. The number of rotatable bonds is 3. The van der Waals surface area contributed by atoms with E-state index in [0.717, 1.165) is 10.2 Å². The van der Waals surface area contributed by atoms with Crippen LogP contribution >= 0.6 is 22.9 Å². The van der Waals surface area contributed by atoms with Gasteiger partial charge in [-0.15, -0.1) is 0 Å². The third-order valence-corrected chi connectivity index (χ3v) is 4.48. The molecule has 3 aromatic rings. The van der Waals surface area contributed by atoms with Gasteiger partial charge in [-0.05, 0) is 36.4 Å². The lowest BCUT2D eigenvalue weighted by molar-refractivity contribution is -0.137. The molecular formula is C16H11ClN2O3S. The molecule has 23 heavy (non-hydrogen) atoms. The maximum atomic E-state index is 12.3. The fraction of sp³-hybridized carbons (Fsp3) is 0.0625. The van der Waals surface area contributed by atoms with Crippen LogP contribution in [0, 0.1) is 0 Å². The lowest BCUT2D eigenvalue weighted by atomic mass is 10.2. The highest BCUT2D eigenvalue weighted by Gasteiger charge is 2.11. The van der Waals surface area contributed by atoms with Crippen molar-refractivity contribution in [3.63, 3.8) is 0 Å². The van der Waals surface area contributed by atoms with Crippen LogP contribution in [0.3, 0.4) is 0 Å². The Kier molecular flexibility index (Phi) is 4.27. The van der Waals surface area contributed by atoms with Crippen molar-refractivity contribution in [2.45, 2.75) is 6.54 Å². The van der Waals surface area contributed by atoms with E-state index in [2.05, 4.69) is 4.99 Å². The third kappa shape index (κ3) is 3.33. The molecule has 116 valence electrons. The molecule has 1 aromatic heterocycles. The molecule has 0 atom stereocenters. The van der Waals surface area contributed by atoms with Gasteiger partial charge in [0.05, 0.1) is 10.2 Å². The summed E-state index contributed by atoms with van der Waals surface area (Å²) in [4.78, 5) is 27.8. The number of para-hydroxylation sites is 1. The summed E-state index contributed by atoms with van der Waals surface area (Å²) in [6, 6.07) is 13.7. The van der Waals surface area contributed by atoms with Crippen LogP contribution < -0.4 is 4.80 Å². The summed E-state index contributed by atoms with van der Waals surface area (Å²) < 4.78 is 2.40. The summed E-state index contributed by atoms with van der Waals surface area (Å²) in [6.07, 6.45) is 0. The first-order valence-electron chi connectivity index (χ1n) is 6.69. The Labute approximate surface area is 140 Å². The van der Waals surface area contributed by atoms with E-state index in [1.165, 1.54) is 15.9 Å². The maximum absolute atomic E-state index is 12.3. The molecule has 0 spiro atoms. The molecule has 0 aliphatic heterocycles. The highest BCUT2D eigenvalue weighted by atomic mass is 35.5. The van der Waals surface area contributed by atoms with Gasteiger partial charge >= 0.3 is 5.97 Å². The molecule has 0 fully saturated rings. The number of carbonyl (C=O) groups excluding carboxylic acids is 1. The molecule has 0 aliphatic carbocycles. The van der Waals surface area contributed by atoms with Crippen LogP contribution in [0.1, 0.15) is 10.4 Å². The Bertz CT molecular complexity index is 957. The first-order valence-corrected chi connectivity index (χ1v) is 7.89. The standard InChI is InChI=1S/C16H11ClN2O3S/c17-11-7-5-10(6-8-11)15(22)18-16-19(9-14(20)21)12-3-1-2-4-13(12)23-16/h1-8H,9H2,(H,20,21). The molecule has 3 rings (SSSR count). The average Bonchev–Trinajstić information content (AvgIpc) is 2.85. The van der Waals surface area contributed by atoms with Gasteiger partial charge in [-0.1, -0.05) is 35.1 Å². The number of carbonyl (C=O) groups is 2. The van der Waals surface area contributed by atoms with Crippen molar-refractivity contribution in [1.82, 2.24) is 4.57 Å². The summed E-state index contributed by atoms with van der Waals surface area (Å²) in [7, 11) is 0. The first-order chi connectivity index (χ1) is 11.0. The van der Waals surface area contributed by atoms with Crippen LogP contribution in [-0.4, -0.2) is 21.6 Å². The van der Waals surface area contributed by atoms with Crippen molar-refractivity contribution < 1.29 is 14.7 Å². The number of carboxylic acid groups (broad SMARTS) is 1. The summed E-state index contributed by atoms with van der Waals surface area (Å²) in [5, 5.41) is 9.63. The largest absolute Gasteiger partial charge is 0.480 e. The van der Waals surface area contributed by atoms with Gasteiger partial charge in [0.2, 0.25) is 0 Å². The minimum absolute atomic E-state index is 0.253. The molecular weight excluding hydrogens is 336 g/mol. The van der Waals surface area contributed by atoms with Crippen LogP contribution in [0.5, 0.6) is 0 Å². The molecule has 0 unspecified atom stereocenters. The zero-order valence-corrected chi connectivity index (χ0v) is 13.3. The number of nitrogens with zero attached hydrogens (tertiary/aromatic N) is 2. The normalized spacial score (nSPS) is 11.8. The second kappa shape index (κ2) is 6.36. The summed E-state index contributed by atoms with van der Waals surface area (Å²) >= 11 is 7.08. The van der Waals surface area contributed by atoms with Crippen molar-refractivity contribution in [2.24, 2.45) is 4.99 Å². The molecule has 0 saturated heterocycles. The highest BCUT2D eigenvalue weighted by molar-refractivity contribution is 7.16. The van der Waals surface area contributed by atoms with Gasteiger partial charge < -0.3 is 9.67 Å². The van der Waals surface area contributed by atoms with Crippen molar-refractivity contribution in [3.8, 4) is 0 Å². The van der Waals surface area contributed by atoms with Gasteiger partial charge in [-0.3, -0.25) is 9.59 Å². The molecule has 2 aromatic carbocycles. The van der Waals surface area contributed by atoms with Gasteiger partial charge in [0, 0.05) is 10.6 Å². The predicted octanol–water partition coefficient (Wildman–Crippen LogP) is 3.18. The van der Waals surface area contributed by atoms with Gasteiger partial charge in [0.25, 0.3) is 5.91 Å². The van der Waals surface area contributed by atoms with Crippen LogP contribution in [0.4, 0.5) is 0 Å². The second-order valence-corrected chi connectivity index (χ2v) is 6.20. The van der Waals surface area contributed by atoms with Gasteiger partial charge in [0.15, 0.2) is 4.80 Å². The first kappa shape index (κ1) is 15.5. The summed E-state index contributed by atoms with van der Waals surface area (Å²) in [5.41, 5.74) is 1.14. The summed E-state index contributed by atoms with van der Waals surface area (Å²) in [5.74, 6) is -1.43. The second-order valence-electron chi connectivity index (χ2n) is 4.76. The number of benzene rings is 2. The number of amides is 1. The third-order valence-electron chi connectivity index (χ3n) is 3.17. The Balaban J connectivity index is 2.12. The summed E-state index contributed by atoms with van der Waals surface area (Å²) in [6.45, 7) is -0.253. The molecule has 0 radical (unpaired) electrons.